The number of hydrogen-bond donors (Lipinski definition) is 1. The third-order valence-electron chi connectivity index (χ3n) is 4.40. The van der Waals surface area contributed by atoms with Gasteiger partial charge in [0.15, 0.2) is 0 Å². The summed E-state index contributed by atoms with van der Waals surface area (Å²) in [5.41, 5.74) is 5.21. The summed E-state index contributed by atoms with van der Waals surface area (Å²) in [6.07, 6.45) is 0.987. The zero-order valence-corrected chi connectivity index (χ0v) is 15.4. The van der Waals surface area contributed by atoms with Gasteiger partial charge >= 0.3 is 0 Å². The summed E-state index contributed by atoms with van der Waals surface area (Å²) in [7, 11) is 0. The van der Waals surface area contributed by atoms with Crippen molar-refractivity contribution in [1.29, 1.82) is 5.26 Å². The molecule has 0 aliphatic heterocycles. The largest absolute Gasteiger partial charge is 0.377 e. The molecule has 0 aliphatic carbocycles. The van der Waals surface area contributed by atoms with Crippen molar-refractivity contribution in [2.75, 3.05) is 13.2 Å². The molecule has 3 heteroatoms. The highest BCUT2D eigenvalue weighted by atomic mass is 16.5. The number of nitriles is 1. The van der Waals surface area contributed by atoms with Crippen molar-refractivity contribution in [2.45, 2.75) is 19.6 Å². The first-order valence-corrected chi connectivity index (χ1v) is 9.27. The molecule has 0 radical (unpaired) electrons. The molecule has 27 heavy (non-hydrogen) atoms. The van der Waals surface area contributed by atoms with Gasteiger partial charge in [0.05, 0.1) is 18.2 Å². The van der Waals surface area contributed by atoms with E-state index in [4.69, 9.17) is 4.74 Å². The average molecular weight is 356 g/mol. The van der Waals surface area contributed by atoms with Gasteiger partial charge in [-0.2, -0.15) is 5.26 Å². The highest BCUT2D eigenvalue weighted by molar-refractivity contribution is 5.70. The first-order chi connectivity index (χ1) is 13.4. The summed E-state index contributed by atoms with van der Waals surface area (Å²) < 4.78 is 5.69. The highest BCUT2D eigenvalue weighted by Crippen LogP contribution is 2.23. The summed E-state index contributed by atoms with van der Waals surface area (Å²) in [4.78, 5) is 0. The maximum absolute atomic E-state index is 9.23. The second-order valence-corrected chi connectivity index (χ2v) is 6.42. The van der Waals surface area contributed by atoms with Crippen molar-refractivity contribution in [3.05, 3.63) is 95.6 Å². The molecule has 0 unspecified atom stereocenters. The molecule has 0 heterocycles. The van der Waals surface area contributed by atoms with Gasteiger partial charge in [0.25, 0.3) is 0 Å². The Morgan fingerprint density at radius 1 is 0.815 bits per heavy atom. The summed E-state index contributed by atoms with van der Waals surface area (Å²) >= 11 is 0. The van der Waals surface area contributed by atoms with Crippen molar-refractivity contribution in [2.24, 2.45) is 0 Å². The van der Waals surface area contributed by atoms with Gasteiger partial charge in [-0.1, -0.05) is 72.8 Å². The summed E-state index contributed by atoms with van der Waals surface area (Å²) in [6.45, 7) is 3.19. The fourth-order valence-corrected chi connectivity index (χ4v) is 2.93. The highest BCUT2D eigenvalue weighted by Gasteiger charge is 2.03. The first-order valence-electron chi connectivity index (χ1n) is 9.27. The van der Waals surface area contributed by atoms with E-state index >= 15 is 0 Å². The molecule has 0 fully saturated rings. The molecule has 3 aromatic rings. The standard InChI is InChI=1S/C24H24N2O/c25-17-23-9-4-5-10-24(23)22-13-11-20(12-14-22)18-26-15-6-16-27-19-21-7-2-1-3-8-21/h1-5,7-14,26H,6,15-16,18-19H2. The van der Waals surface area contributed by atoms with Crippen LogP contribution in [0.4, 0.5) is 0 Å². The van der Waals surface area contributed by atoms with Crippen molar-refractivity contribution in [1.82, 2.24) is 5.32 Å². The Hall–Kier alpha value is -2.93. The van der Waals surface area contributed by atoms with Gasteiger partial charge in [-0.15, -0.1) is 0 Å². The van der Waals surface area contributed by atoms with Crippen LogP contribution < -0.4 is 5.32 Å². The van der Waals surface area contributed by atoms with Crippen LogP contribution in [0.15, 0.2) is 78.9 Å². The maximum Gasteiger partial charge on any atom is 0.0998 e. The van der Waals surface area contributed by atoms with Crippen LogP contribution in [0.3, 0.4) is 0 Å². The number of nitrogens with one attached hydrogen (secondary N) is 1. The van der Waals surface area contributed by atoms with E-state index in [1.165, 1.54) is 11.1 Å². The Kier molecular flexibility index (Phi) is 7.17. The lowest BCUT2D eigenvalue weighted by molar-refractivity contribution is 0.118. The van der Waals surface area contributed by atoms with Gasteiger partial charge in [-0.25, -0.2) is 0 Å². The molecule has 0 aromatic heterocycles. The molecule has 0 atom stereocenters. The fraction of sp³-hybridized carbons (Fsp3) is 0.208. The fourth-order valence-electron chi connectivity index (χ4n) is 2.93. The Morgan fingerprint density at radius 3 is 2.33 bits per heavy atom. The van der Waals surface area contributed by atoms with Gasteiger partial charge in [0.2, 0.25) is 0 Å². The van der Waals surface area contributed by atoms with E-state index in [0.717, 1.165) is 37.2 Å². The van der Waals surface area contributed by atoms with E-state index in [9.17, 15) is 5.26 Å². The predicted molar refractivity (Wildman–Crippen MR) is 109 cm³/mol. The van der Waals surface area contributed by atoms with Crippen LogP contribution in [0.2, 0.25) is 0 Å². The molecule has 3 nitrogen and oxygen atoms in total. The molecule has 0 saturated carbocycles. The van der Waals surface area contributed by atoms with E-state index in [1.807, 2.05) is 42.5 Å². The van der Waals surface area contributed by atoms with Gasteiger partial charge in [0, 0.05) is 13.2 Å². The molecule has 1 N–H and O–H groups in total. The van der Waals surface area contributed by atoms with Crippen LogP contribution in [-0.2, 0) is 17.9 Å². The Balaban J connectivity index is 1.37. The van der Waals surface area contributed by atoms with Gasteiger partial charge < -0.3 is 10.1 Å². The zero-order valence-electron chi connectivity index (χ0n) is 15.4. The lowest BCUT2D eigenvalue weighted by atomic mass is 9.99. The molecule has 0 aliphatic rings. The van der Waals surface area contributed by atoms with Crippen molar-refractivity contribution in [3.63, 3.8) is 0 Å². The second kappa shape index (κ2) is 10.3. The quantitative estimate of drug-likeness (QED) is 0.553. The molecule has 136 valence electrons. The number of rotatable bonds is 9. The van der Waals surface area contributed by atoms with Crippen LogP contribution in [0, 0.1) is 11.3 Å². The van der Waals surface area contributed by atoms with Crippen LogP contribution in [0.25, 0.3) is 11.1 Å². The lowest BCUT2D eigenvalue weighted by Crippen LogP contribution is -2.16. The molecular weight excluding hydrogens is 332 g/mol. The first kappa shape index (κ1) is 18.8. The lowest BCUT2D eigenvalue weighted by Gasteiger charge is -2.08. The maximum atomic E-state index is 9.23. The third kappa shape index (κ3) is 5.79. The smallest absolute Gasteiger partial charge is 0.0998 e. The van der Waals surface area contributed by atoms with E-state index in [1.54, 1.807) is 0 Å². The molecule has 0 bridgehead atoms. The number of hydrogen-bond acceptors (Lipinski definition) is 3. The summed E-state index contributed by atoms with van der Waals surface area (Å²) in [5, 5.41) is 12.7. The van der Waals surface area contributed by atoms with Crippen LogP contribution in [0.5, 0.6) is 0 Å². The predicted octanol–water partition coefficient (Wildman–Crippen LogP) is 4.92. The Morgan fingerprint density at radius 2 is 1.56 bits per heavy atom. The van der Waals surface area contributed by atoms with Crippen molar-refractivity contribution >= 4 is 0 Å². The minimum absolute atomic E-state index is 0.673. The Labute approximate surface area is 161 Å². The van der Waals surface area contributed by atoms with Gasteiger partial charge in [-0.3, -0.25) is 0 Å². The molecule has 0 saturated heterocycles. The molecule has 3 aromatic carbocycles. The average Bonchev–Trinajstić information content (AvgIpc) is 2.74. The van der Waals surface area contributed by atoms with Crippen LogP contribution in [-0.4, -0.2) is 13.2 Å². The molecular formula is C24H24N2O. The zero-order chi connectivity index (χ0) is 18.7. The topological polar surface area (TPSA) is 45.0 Å². The van der Waals surface area contributed by atoms with Gasteiger partial charge in [0.1, 0.15) is 0 Å². The summed E-state index contributed by atoms with van der Waals surface area (Å²) in [6, 6.07) is 28.6. The Bertz CT molecular complexity index is 867. The van der Waals surface area contributed by atoms with E-state index in [-0.39, 0.29) is 0 Å². The number of ether oxygens (including phenoxy) is 1. The molecule has 0 amide bonds. The van der Waals surface area contributed by atoms with E-state index in [0.29, 0.717) is 12.2 Å². The van der Waals surface area contributed by atoms with Crippen LogP contribution in [0.1, 0.15) is 23.1 Å². The van der Waals surface area contributed by atoms with Crippen LogP contribution >= 0.6 is 0 Å². The minimum atomic E-state index is 0.673. The monoisotopic (exact) mass is 356 g/mol. The normalized spacial score (nSPS) is 10.5. The summed E-state index contributed by atoms with van der Waals surface area (Å²) in [5.74, 6) is 0. The molecule has 3 rings (SSSR count). The second-order valence-electron chi connectivity index (χ2n) is 6.42. The number of nitrogens with zero attached hydrogens (tertiary/aromatic N) is 1. The third-order valence-corrected chi connectivity index (χ3v) is 4.40. The van der Waals surface area contributed by atoms with E-state index < -0.39 is 0 Å². The SMILES string of the molecule is N#Cc1ccccc1-c1ccc(CNCCCOCc2ccccc2)cc1. The minimum Gasteiger partial charge on any atom is -0.377 e. The van der Waals surface area contributed by atoms with Crippen molar-refractivity contribution < 1.29 is 4.74 Å². The number of benzene rings is 3. The van der Waals surface area contributed by atoms with Crippen molar-refractivity contribution in [3.8, 4) is 17.2 Å². The van der Waals surface area contributed by atoms with E-state index in [2.05, 4.69) is 47.8 Å². The molecule has 0 spiro atoms. The van der Waals surface area contributed by atoms with Gasteiger partial charge in [-0.05, 0) is 41.3 Å².